The number of ether oxygens (including phenoxy) is 1. The van der Waals surface area contributed by atoms with Gasteiger partial charge in [0, 0.05) is 18.2 Å². The minimum Gasteiger partial charge on any atom is -0.392 e. The molecular weight excluding hydrogens is 364 g/mol. The Balaban J connectivity index is 1.94. The number of methoxy groups -OCH3 is 1. The van der Waals surface area contributed by atoms with Crippen LogP contribution in [-0.4, -0.2) is 38.4 Å². The molecule has 3 heterocycles. The maximum absolute atomic E-state index is 11.1. The molecule has 0 aliphatic rings. The third kappa shape index (κ3) is 3.18. The Morgan fingerprint density at radius 3 is 2.78 bits per heavy atom. The van der Waals surface area contributed by atoms with Crippen molar-refractivity contribution in [3.8, 4) is 10.6 Å². The van der Waals surface area contributed by atoms with Gasteiger partial charge in [-0.2, -0.15) is 0 Å². The SMILES string of the molecule is COCc1cnc2c(-c3nc4c(CO)cc(C=O)nc4s3)cc(C)cc2n1. The molecule has 0 radical (unpaired) electrons. The average Bonchev–Trinajstić information content (AvgIpc) is 3.10. The van der Waals surface area contributed by atoms with Crippen LogP contribution in [0.25, 0.3) is 32.0 Å². The summed E-state index contributed by atoms with van der Waals surface area (Å²) in [6, 6.07) is 5.54. The number of hydrogen-bond acceptors (Lipinski definition) is 8. The Hall–Kier alpha value is -2.81. The zero-order valence-electron chi connectivity index (χ0n) is 14.8. The van der Waals surface area contributed by atoms with Gasteiger partial charge in [0.25, 0.3) is 0 Å². The molecule has 0 saturated heterocycles. The first-order valence-corrected chi connectivity index (χ1v) is 9.06. The molecule has 1 N–H and O–H groups in total. The predicted molar refractivity (Wildman–Crippen MR) is 103 cm³/mol. The van der Waals surface area contributed by atoms with Crippen LogP contribution in [0.3, 0.4) is 0 Å². The number of benzene rings is 1. The van der Waals surface area contributed by atoms with E-state index in [1.807, 2.05) is 19.1 Å². The van der Waals surface area contributed by atoms with Crippen LogP contribution in [0.5, 0.6) is 0 Å². The van der Waals surface area contributed by atoms with Gasteiger partial charge >= 0.3 is 0 Å². The number of fused-ring (bicyclic) bond motifs is 2. The summed E-state index contributed by atoms with van der Waals surface area (Å²) in [6.45, 7) is 2.17. The van der Waals surface area contributed by atoms with Gasteiger partial charge in [-0.25, -0.2) is 15.0 Å². The van der Waals surface area contributed by atoms with E-state index in [9.17, 15) is 9.90 Å². The molecule has 4 rings (SSSR count). The van der Waals surface area contributed by atoms with E-state index in [1.165, 1.54) is 11.3 Å². The largest absolute Gasteiger partial charge is 0.392 e. The lowest BCUT2D eigenvalue weighted by Crippen LogP contribution is -1.96. The molecule has 0 amide bonds. The van der Waals surface area contributed by atoms with Gasteiger partial charge in [0.05, 0.1) is 36.1 Å². The fourth-order valence-corrected chi connectivity index (χ4v) is 3.98. The molecule has 0 bridgehead atoms. The van der Waals surface area contributed by atoms with Crippen molar-refractivity contribution in [2.75, 3.05) is 7.11 Å². The normalized spacial score (nSPS) is 11.4. The van der Waals surface area contributed by atoms with Crippen LogP contribution >= 0.6 is 11.3 Å². The van der Waals surface area contributed by atoms with Gasteiger partial charge in [-0.1, -0.05) is 11.3 Å². The lowest BCUT2D eigenvalue weighted by molar-refractivity contribution is 0.111. The number of nitrogens with zero attached hydrogens (tertiary/aromatic N) is 4. The maximum Gasteiger partial charge on any atom is 0.168 e. The van der Waals surface area contributed by atoms with Gasteiger partial charge in [0.15, 0.2) is 6.29 Å². The molecule has 7 nitrogen and oxygen atoms in total. The van der Waals surface area contributed by atoms with Crippen molar-refractivity contribution < 1.29 is 14.6 Å². The summed E-state index contributed by atoms with van der Waals surface area (Å²) in [5.41, 5.74) is 5.59. The highest BCUT2D eigenvalue weighted by Crippen LogP contribution is 2.35. The molecule has 8 heteroatoms. The molecule has 0 aliphatic heterocycles. The van der Waals surface area contributed by atoms with Crippen LogP contribution in [-0.2, 0) is 18.0 Å². The van der Waals surface area contributed by atoms with Crippen LogP contribution in [0.2, 0.25) is 0 Å². The molecule has 27 heavy (non-hydrogen) atoms. The number of rotatable bonds is 5. The number of aryl methyl sites for hydroxylation is 1. The molecule has 0 fully saturated rings. The second-order valence-electron chi connectivity index (χ2n) is 6.13. The Morgan fingerprint density at radius 2 is 2.04 bits per heavy atom. The third-order valence-corrected chi connectivity index (χ3v) is 5.10. The monoisotopic (exact) mass is 380 g/mol. The fourth-order valence-electron chi connectivity index (χ4n) is 2.97. The summed E-state index contributed by atoms with van der Waals surface area (Å²) >= 11 is 1.36. The molecule has 4 aromatic rings. The van der Waals surface area contributed by atoms with Crippen LogP contribution in [0.15, 0.2) is 24.4 Å². The smallest absolute Gasteiger partial charge is 0.168 e. The van der Waals surface area contributed by atoms with Gasteiger partial charge in [0.2, 0.25) is 0 Å². The molecule has 0 saturated carbocycles. The number of pyridine rings is 1. The minimum absolute atomic E-state index is 0.211. The van der Waals surface area contributed by atoms with Gasteiger partial charge in [-0.05, 0) is 30.7 Å². The Kier molecular flexibility index (Phi) is 4.61. The fraction of sp³-hybridized carbons (Fsp3) is 0.211. The summed E-state index contributed by atoms with van der Waals surface area (Å²) in [5, 5.41) is 10.3. The number of carbonyl (C=O) groups is 1. The zero-order valence-corrected chi connectivity index (χ0v) is 15.6. The highest BCUT2D eigenvalue weighted by atomic mass is 32.1. The number of aliphatic hydroxyl groups excluding tert-OH is 1. The molecule has 0 spiro atoms. The Morgan fingerprint density at radius 1 is 1.19 bits per heavy atom. The number of aliphatic hydroxyl groups is 1. The number of aromatic nitrogens is 4. The van der Waals surface area contributed by atoms with Crippen LogP contribution in [0.1, 0.15) is 27.3 Å². The van der Waals surface area contributed by atoms with Crippen molar-refractivity contribution in [1.29, 1.82) is 0 Å². The van der Waals surface area contributed by atoms with Crippen molar-refractivity contribution in [3.63, 3.8) is 0 Å². The van der Waals surface area contributed by atoms with Gasteiger partial charge in [-0.15, -0.1) is 0 Å². The van der Waals surface area contributed by atoms with Crippen molar-refractivity contribution in [3.05, 3.63) is 46.9 Å². The van der Waals surface area contributed by atoms with Crippen molar-refractivity contribution >= 4 is 39.0 Å². The third-order valence-electron chi connectivity index (χ3n) is 4.12. The van der Waals surface area contributed by atoms with Crippen LogP contribution < -0.4 is 0 Å². The highest BCUT2D eigenvalue weighted by molar-refractivity contribution is 7.21. The van der Waals surface area contributed by atoms with Gasteiger partial charge in [0.1, 0.15) is 21.0 Å². The summed E-state index contributed by atoms with van der Waals surface area (Å²) in [4.78, 5) is 29.9. The highest BCUT2D eigenvalue weighted by Gasteiger charge is 2.16. The average molecular weight is 380 g/mol. The summed E-state index contributed by atoms with van der Waals surface area (Å²) < 4.78 is 5.14. The lowest BCUT2D eigenvalue weighted by atomic mass is 10.1. The van der Waals surface area contributed by atoms with Crippen LogP contribution in [0, 0.1) is 6.92 Å². The van der Waals surface area contributed by atoms with E-state index < -0.39 is 0 Å². The second kappa shape index (κ2) is 7.07. The van der Waals surface area contributed by atoms with Crippen molar-refractivity contribution in [2.24, 2.45) is 0 Å². The summed E-state index contributed by atoms with van der Waals surface area (Å²) in [5.74, 6) is 0. The first-order chi connectivity index (χ1) is 13.1. The van der Waals surface area contributed by atoms with E-state index in [1.54, 1.807) is 19.4 Å². The first kappa shape index (κ1) is 17.6. The first-order valence-electron chi connectivity index (χ1n) is 8.25. The molecular formula is C19H16N4O3S. The van der Waals surface area contributed by atoms with Crippen LogP contribution in [0.4, 0.5) is 0 Å². The molecule has 1 aromatic carbocycles. The van der Waals surface area contributed by atoms with E-state index in [0.717, 1.165) is 32.9 Å². The quantitative estimate of drug-likeness (QED) is 0.531. The molecule has 0 aliphatic carbocycles. The standard InChI is InChI=1S/C19H16N4O3S/c1-10-3-14(17-15(4-10)21-13(6-20-17)9-26-2)18-23-16-11(7-24)5-12(8-25)22-19(16)27-18/h3-6,8,24H,7,9H2,1-2H3. The molecule has 0 atom stereocenters. The number of aldehydes is 1. The van der Waals surface area contributed by atoms with Crippen molar-refractivity contribution in [2.45, 2.75) is 20.1 Å². The number of thiazole rings is 1. The van der Waals surface area contributed by atoms with E-state index in [-0.39, 0.29) is 12.3 Å². The number of carbonyl (C=O) groups excluding carboxylic acids is 1. The summed E-state index contributed by atoms with van der Waals surface area (Å²) in [7, 11) is 1.62. The van der Waals surface area contributed by atoms with Gasteiger partial charge in [-0.3, -0.25) is 9.78 Å². The predicted octanol–water partition coefficient (Wildman–Crippen LogP) is 3.06. The molecule has 3 aromatic heterocycles. The number of hydrogen-bond donors (Lipinski definition) is 1. The van der Waals surface area contributed by atoms with E-state index >= 15 is 0 Å². The molecule has 136 valence electrons. The molecule has 0 unspecified atom stereocenters. The minimum atomic E-state index is -0.211. The van der Waals surface area contributed by atoms with Gasteiger partial charge < -0.3 is 9.84 Å². The topological polar surface area (TPSA) is 98.1 Å². The lowest BCUT2D eigenvalue weighted by Gasteiger charge is -2.06. The Labute approximate surface area is 158 Å². The maximum atomic E-state index is 11.1. The van der Waals surface area contributed by atoms with E-state index in [2.05, 4.69) is 19.9 Å². The van der Waals surface area contributed by atoms with E-state index in [0.29, 0.717) is 28.8 Å². The second-order valence-corrected chi connectivity index (χ2v) is 7.11. The Bertz CT molecular complexity index is 1170. The van der Waals surface area contributed by atoms with Crippen molar-refractivity contribution in [1.82, 2.24) is 19.9 Å². The zero-order chi connectivity index (χ0) is 19.0. The summed E-state index contributed by atoms with van der Waals surface area (Å²) in [6.07, 6.45) is 2.36. The van der Waals surface area contributed by atoms with E-state index in [4.69, 9.17) is 4.74 Å².